The summed E-state index contributed by atoms with van der Waals surface area (Å²) in [7, 11) is 6.15. The molecule has 2 amide bonds. The fourth-order valence-electron chi connectivity index (χ4n) is 3.72. The summed E-state index contributed by atoms with van der Waals surface area (Å²) in [6.45, 7) is 1.71. The van der Waals surface area contributed by atoms with Crippen LogP contribution in [-0.2, 0) is 16.0 Å². The lowest BCUT2D eigenvalue weighted by atomic mass is 9.93. The molecule has 0 unspecified atom stereocenters. The molecule has 0 saturated heterocycles. The van der Waals surface area contributed by atoms with E-state index in [1.165, 1.54) is 21.3 Å². The molecule has 0 radical (unpaired) electrons. The molecule has 1 aliphatic rings. The number of rotatable bonds is 8. The smallest absolute Gasteiger partial charge is 0.271 e. The summed E-state index contributed by atoms with van der Waals surface area (Å²) in [4.78, 5) is 27.4. The van der Waals surface area contributed by atoms with Gasteiger partial charge in [-0.3, -0.25) is 14.5 Å². The number of imide groups is 1. The second-order valence-electron chi connectivity index (χ2n) is 7.49. The summed E-state index contributed by atoms with van der Waals surface area (Å²) in [5.41, 5.74) is 2.09. The third-order valence-corrected chi connectivity index (χ3v) is 5.62. The molecule has 2 aromatic carbocycles. The second kappa shape index (κ2) is 10.6. The van der Waals surface area contributed by atoms with Crippen molar-refractivity contribution in [2.45, 2.75) is 13.3 Å². The first-order valence-corrected chi connectivity index (χ1v) is 10.5. The molecule has 0 N–H and O–H groups in total. The molecule has 0 bridgehead atoms. The maximum atomic E-state index is 13.3. The van der Waals surface area contributed by atoms with Crippen molar-refractivity contribution in [3.05, 3.63) is 64.2 Å². The lowest BCUT2D eigenvalue weighted by Gasteiger charge is -2.27. The van der Waals surface area contributed by atoms with Crippen LogP contribution in [0.4, 0.5) is 0 Å². The summed E-state index contributed by atoms with van der Waals surface area (Å²) in [5.74, 6) is 1.13. The molecule has 2 aromatic rings. The highest BCUT2D eigenvalue weighted by molar-refractivity contribution is 6.19. The Bertz CT molecular complexity index is 1220. The molecule has 3 rings (SSSR count). The molecule has 0 spiro atoms. The Hall–Kier alpha value is -4.25. The van der Waals surface area contributed by atoms with Crippen molar-refractivity contribution in [3.8, 4) is 29.1 Å². The first-order chi connectivity index (χ1) is 16.4. The van der Waals surface area contributed by atoms with Gasteiger partial charge in [-0.1, -0.05) is 12.1 Å². The number of amides is 2. The summed E-state index contributed by atoms with van der Waals surface area (Å²) >= 11 is 0. The number of hydrogen-bond acceptors (Lipinski definition) is 7. The van der Waals surface area contributed by atoms with Crippen molar-refractivity contribution in [2.24, 2.45) is 0 Å². The van der Waals surface area contributed by atoms with Crippen LogP contribution < -0.4 is 18.9 Å². The minimum absolute atomic E-state index is 0.0568. The average Bonchev–Trinajstić information content (AvgIpc) is 2.86. The standard InChI is InChI=1S/C26H26N2O6/c1-16-19(12-18-7-9-22(32-3)24(14-18)34-5)25(29)28(26(30)20(16)15-27)11-10-17-6-8-21(31-2)23(13-17)33-4/h6-9,12-14H,10-11H2,1-5H3/b19-12+. The highest BCUT2D eigenvalue weighted by atomic mass is 16.5. The van der Waals surface area contributed by atoms with Crippen LogP contribution in [0.25, 0.3) is 6.08 Å². The molecule has 0 aliphatic carbocycles. The number of ether oxygens (including phenoxy) is 4. The Morgan fingerprint density at radius 1 is 0.853 bits per heavy atom. The van der Waals surface area contributed by atoms with E-state index in [1.54, 1.807) is 50.4 Å². The Morgan fingerprint density at radius 2 is 1.44 bits per heavy atom. The summed E-state index contributed by atoms with van der Waals surface area (Å²) in [5, 5.41) is 9.62. The Balaban J connectivity index is 1.94. The topological polar surface area (TPSA) is 98.1 Å². The predicted molar refractivity (Wildman–Crippen MR) is 126 cm³/mol. The molecule has 1 aliphatic heterocycles. The molecule has 34 heavy (non-hydrogen) atoms. The van der Waals surface area contributed by atoms with Gasteiger partial charge in [0.1, 0.15) is 11.6 Å². The highest BCUT2D eigenvalue weighted by Gasteiger charge is 2.35. The zero-order valence-electron chi connectivity index (χ0n) is 19.8. The molecular weight excluding hydrogens is 436 g/mol. The van der Waals surface area contributed by atoms with Crippen molar-refractivity contribution in [2.75, 3.05) is 35.0 Å². The fourth-order valence-corrected chi connectivity index (χ4v) is 3.72. The monoisotopic (exact) mass is 462 g/mol. The predicted octanol–water partition coefficient (Wildman–Crippen LogP) is 3.56. The molecule has 8 nitrogen and oxygen atoms in total. The zero-order chi connectivity index (χ0) is 24.8. The Labute approximate surface area is 198 Å². The maximum absolute atomic E-state index is 13.3. The largest absolute Gasteiger partial charge is 0.493 e. The van der Waals surface area contributed by atoms with E-state index < -0.39 is 11.8 Å². The molecule has 176 valence electrons. The quantitative estimate of drug-likeness (QED) is 0.437. The lowest BCUT2D eigenvalue weighted by Crippen LogP contribution is -2.43. The molecule has 0 atom stereocenters. The van der Waals surface area contributed by atoms with E-state index in [0.29, 0.717) is 40.6 Å². The molecular formula is C26H26N2O6. The summed E-state index contributed by atoms with van der Waals surface area (Å²) < 4.78 is 21.2. The fraction of sp³-hybridized carbons (Fsp3) is 0.269. The average molecular weight is 463 g/mol. The van der Waals surface area contributed by atoms with E-state index in [1.807, 2.05) is 12.1 Å². The first kappa shape index (κ1) is 24.4. The number of carbonyl (C=O) groups excluding carboxylic acids is 2. The molecule has 1 heterocycles. The van der Waals surface area contributed by atoms with E-state index in [0.717, 1.165) is 10.5 Å². The van der Waals surface area contributed by atoms with Gasteiger partial charge < -0.3 is 18.9 Å². The highest BCUT2D eigenvalue weighted by Crippen LogP contribution is 2.32. The maximum Gasteiger partial charge on any atom is 0.271 e. The third kappa shape index (κ3) is 4.74. The normalized spacial score (nSPS) is 14.8. The van der Waals surface area contributed by atoms with Gasteiger partial charge >= 0.3 is 0 Å². The van der Waals surface area contributed by atoms with Gasteiger partial charge in [0.25, 0.3) is 11.8 Å². The van der Waals surface area contributed by atoms with Crippen LogP contribution >= 0.6 is 0 Å². The van der Waals surface area contributed by atoms with Crippen molar-refractivity contribution >= 4 is 17.9 Å². The SMILES string of the molecule is COc1ccc(/C=C2/C(=O)N(CCc3ccc(OC)c(OC)c3)C(=O)C(C#N)=C2C)cc1OC. The molecule has 8 heteroatoms. The van der Waals surface area contributed by atoms with Crippen LogP contribution in [0.15, 0.2) is 53.1 Å². The number of nitrogens with zero attached hydrogens (tertiary/aromatic N) is 2. The van der Waals surface area contributed by atoms with Gasteiger partial charge in [-0.15, -0.1) is 0 Å². The van der Waals surface area contributed by atoms with Crippen LogP contribution in [0.3, 0.4) is 0 Å². The summed E-state index contributed by atoms with van der Waals surface area (Å²) in [6.07, 6.45) is 2.03. The van der Waals surface area contributed by atoms with E-state index in [2.05, 4.69) is 0 Å². The van der Waals surface area contributed by atoms with E-state index in [4.69, 9.17) is 18.9 Å². The Kier molecular flexibility index (Phi) is 7.59. The van der Waals surface area contributed by atoms with Crippen LogP contribution in [0.1, 0.15) is 18.1 Å². The van der Waals surface area contributed by atoms with E-state index >= 15 is 0 Å². The number of nitriles is 1. The minimum Gasteiger partial charge on any atom is -0.493 e. The van der Waals surface area contributed by atoms with E-state index in [-0.39, 0.29) is 17.7 Å². The van der Waals surface area contributed by atoms with E-state index in [9.17, 15) is 14.9 Å². The third-order valence-electron chi connectivity index (χ3n) is 5.62. The number of carbonyl (C=O) groups is 2. The van der Waals surface area contributed by atoms with Crippen molar-refractivity contribution < 1.29 is 28.5 Å². The molecule has 0 saturated carbocycles. The van der Waals surface area contributed by atoms with Gasteiger partial charge in [-0.25, -0.2) is 0 Å². The first-order valence-electron chi connectivity index (χ1n) is 10.5. The van der Waals surface area contributed by atoms with Crippen LogP contribution in [0, 0.1) is 11.3 Å². The summed E-state index contributed by atoms with van der Waals surface area (Å²) in [6, 6.07) is 12.6. The van der Waals surface area contributed by atoms with Crippen molar-refractivity contribution in [1.82, 2.24) is 4.90 Å². The minimum atomic E-state index is -0.602. The lowest BCUT2D eigenvalue weighted by molar-refractivity contribution is -0.140. The van der Waals surface area contributed by atoms with Gasteiger partial charge in [0.15, 0.2) is 23.0 Å². The molecule has 0 fully saturated rings. The van der Waals surface area contributed by atoms with Crippen LogP contribution in [0.2, 0.25) is 0 Å². The van der Waals surface area contributed by atoms with Gasteiger partial charge in [0.05, 0.1) is 28.4 Å². The second-order valence-corrected chi connectivity index (χ2v) is 7.49. The zero-order valence-corrected chi connectivity index (χ0v) is 19.8. The number of benzene rings is 2. The Morgan fingerprint density at radius 3 is 2.03 bits per heavy atom. The van der Waals surface area contributed by atoms with Crippen molar-refractivity contribution in [1.29, 1.82) is 5.26 Å². The number of methoxy groups -OCH3 is 4. The van der Waals surface area contributed by atoms with Crippen LogP contribution in [-0.4, -0.2) is 51.7 Å². The van der Waals surface area contributed by atoms with Crippen molar-refractivity contribution in [3.63, 3.8) is 0 Å². The van der Waals surface area contributed by atoms with Gasteiger partial charge in [-0.2, -0.15) is 5.26 Å². The van der Waals surface area contributed by atoms with Gasteiger partial charge in [0.2, 0.25) is 0 Å². The van der Waals surface area contributed by atoms with Gasteiger partial charge in [0, 0.05) is 12.1 Å². The number of hydrogen-bond donors (Lipinski definition) is 0. The van der Waals surface area contributed by atoms with Crippen LogP contribution in [0.5, 0.6) is 23.0 Å². The molecule has 0 aromatic heterocycles. The van der Waals surface area contributed by atoms with Gasteiger partial charge in [-0.05, 0) is 60.4 Å².